The first-order valence-corrected chi connectivity index (χ1v) is 8.48. The van der Waals surface area contributed by atoms with E-state index in [2.05, 4.69) is 34.7 Å². The summed E-state index contributed by atoms with van der Waals surface area (Å²) in [5.74, 6) is 0. The molecule has 0 unspecified atom stereocenters. The second kappa shape index (κ2) is 5.77. The van der Waals surface area contributed by atoms with Gasteiger partial charge in [0, 0.05) is 19.4 Å². The van der Waals surface area contributed by atoms with Crippen molar-refractivity contribution < 1.29 is 21.7 Å². The van der Waals surface area contributed by atoms with Crippen molar-refractivity contribution in [1.82, 2.24) is 0 Å². The maximum atomic E-state index is 10.5. The van der Waals surface area contributed by atoms with E-state index in [1.807, 2.05) is 6.92 Å². The molecular formula is C13H18NO4S2+. The third kappa shape index (κ3) is 3.54. The molecule has 0 aliphatic heterocycles. The Bertz CT molecular complexity index is 734. The monoisotopic (exact) mass is 316 g/mol. The molecule has 0 aliphatic carbocycles. The third-order valence-electron chi connectivity index (χ3n) is 3.26. The number of benzene rings is 1. The maximum Gasteiger partial charge on any atom is 0.397 e. The molecule has 110 valence electrons. The molecule has 5 nitrogen and oxygen atoms in total. The molecule has 0 aliphatic rings. The lowest BCUT2D eigenvalue weighted by Crippen LogP contribution is -2.35. The van der Waals surface area contributed by atoms with Crippen LogP contribution in [-0.4, -0.2) is 19.6 Å². The number of aryl methyl sites for hydroxylation is 4. The molecule has 1 aromatic heterocycles. The summed E-state index contributed by atoms with van der Waals surface area (Å²) in [5.41, 5.74) is 3.65. The van der Waals surface area contributed by atoms with E-state index in [4.69, 9.17) is 4.55 Å². The highest BCUT2D eigenvalue weighted by molar-refractivity contribution is 7.80. The minimum absolute atomic E-state index is 0.0204. The van der Waals surface area contributed by atoms with Gasteiger partial charge in [-0.25, -0.2) is 4.18 Å². The van der Waals surface area contributed by atoms with E-state index in [0.717, 1.165) is 10.5 Å². The Morgan fingerprint density at radius 2 is 1.90 bits per heavy atom. The van der Waals surface area contributed by atoms with Gasteiger partial charge < -0.3 is 0 Å². The van der Waals surface area contributed by atoms with Gasteiger partial charge in [0.25, 0.3) is 0 Å². The summed E-state index contributed by atoms with van der Waals surface area (Å²) < 4.78 is 37.2. The molecular weight excluding hydrogens is 298 g/mol. The van der Waals surface area contributed by atoms with Crippen molar-refractivity contribution in [3.8, 4) is 0 Å². The fraction of sp³-hybridized carbons (Fsp3) is 0.462. The molecule has 0 atom stereocenters. The van der Waals surface area contributed by atoms with E-state index in [1.54, 1.807) is 11.3 Å². The quantitative estimate of drug-likeness (QED) is 0.522. The summed E-state index contributed by atoms with van der Waals surface area (Å²) in [6, 6.07) is 4.32. The lowest BCUT2D eigenvalue weighted by Gasteiger charge is -2.00. The summed E-state index contributed by atoms with van der Waals surface area (Å²) in [5, 5.41) is 1.16. The number of thiazole rings is 1. The smallest absolute Gasteiger partial charge is 0.264 e. The minimum Gasteiger partial charge on any atom is -0.264 e. The zero-order chi connectivity index (χ0) is 14.9. The first kappa shape index (κ1) is 15.4. The molecule has 0 spiro atoms. The lowest BCUT2D eigenvalue weighted by molar-refractivity contribution is -0.673. The van der Waals surface area contributed by atoms with Gasteiger partial charge in [-0.1, -0.05) is 11.3 Å². The second-order valence-corrected chi connectivity index (χ2v) is 7.11. The molecule has 0 saturated carbocycles. The second-order valence-electron chi connectivity index (χ2n) is 4.78. The summed E-state index contributed by atoms with van der Waals surface area (Å²) >= 11 is 1.72. The van der Waals surface area contributed by atoms with Gasteiger partial charge in [-0.2, -0.15) is 13.0 Å². The van der Waals surface area contributed by atoms with Crippen molar-refractivity contribution in [3.63, 3.8) is 0 Å². The zero-order valence-corrected chi connectivity index (χ0v) is 13.3. The van der Waals surface area contributed by atoms with Gasteiger partial charge in [0.15, 0.2) is 6.54 Å². The van der Waals surface area contributed by atoms with E-state index < -0.39 is 10.4 Å². The van der Waals surface area contributed by atoms with Gasteiger partial charge in [0.1, 0.15) is 4.70 Å². The Morgan fingerprint density at radius 1 is 1.25 bits per heavy atom. The lowest BCUT2D eigenvalue weighted by atomic mass is 10.1. The summed E-state index contributed by atoms with van der Waals surface area (Å²) in [6.07, 6.45) is 0.518. The molecule has 0 fully saturated rings. The molecule has 1 N–H and O–H groups in total. The molecule has 0 radical (unpaired) electrons. The van der Waals surface area contributed by atoms with Crippen molar-refractivity contribution in [1.29, 1.82) is 0 Å². The van der Waals surface area contributed by atoms with Crippen molar-refractivity contribution >= 4 is 32.0 Å². The van der Waals surface area contributed by atoms with Gasteiger partial charge in [-0.3, -0.25) is 4.55 Å². The number of hydrogen-bond acceptors (Lipinski definition) is 4. The van der Waals surface area contributed by atoms with Crippen LogP contribution >= 0.6 is 11.3 Å². The predicted octanol–water partition coefficient (Wildman–Crippen LogP) is 2.32. The average molecular weight is 316 g/mol. The van der Waals surface area contributed by atoms with E-state index >= 15 is 0 Å². The zero-order valence-electron chi connectivity index (χ0n) is 11.7. The summed E-state index contributed by atoms with van der Waals surface area (Å²) in [4.78, 5) is 0. The number of rotatable bonds is 5. The number of aromatic nitrogens is 1. The van der Waals surface area contributed by atoms with Crippen LogP contribution in [0.2, 0.25) is 0 Å². The molecule has 0 amide bonds. The van der Waals surface area contributed by atoms with Gasteiger partial charge >= 0.3 is 10.4 Å². The molecule has 2 rings (SSSR count). The van der Waals surface area contributed by atoms with Crippen LogP contribution in [0.5, 0.6) is 0 Å². The van der Waals surface area contributed by atoms with Gasteiger partial charge in [0.2, 0.25) is 10.5 Å². The molecule has 0 saturated heterocycles. The molecule has 1 heterocycles. The Kier molecular flexibility index (Phi) is 4.43. The normalized spacial score (nSPS) is 12.2. The van der Waals surface area contributed by atoms with Gasteiger partial charge in [-0.15, -0.1) is 0 Å². The van der Waals surface area contributed by atoms with Crippen LogP contribution in [0.3, 0.4) is 0 Å². The standard InChI is InChI=1S/C13H17NO4S2/c1-9-7-12-13(8-10(9)2)19-11(3)14(12)5-4-6-18-20(15,16)17/h7-8H,4-6H2,1-3H3/p+1. The third-order valence-corrected chi connectivity index (χ3v) is 4.79. The summed E-state index contributed by atoms with van der Waals surface area (Å²) in [7, 11) is -4.34. The van der Waals surface area contributed by atoms with Crippen LogP contribution in [0.4, 0.5) is 0 Å². The van der Waals surface area contributed by atoms with Gasteiger partial charge in [0.05, 0.1) is 6.61 Å². The van der Waals surface area contributed by atoms with Crippen LogP contribution in [0.25, 0.3) is 10.2 Å². The molecule has 2 aromatic rings. The highest BCUT2D eigenvalue weighted by atomic mass is 32.3. The molecule has 1 aromatic carbocycles. The van der Waals surface area contributed by atoms with E-state index in [9.17, 15) is 8.42 Å². The van der Waals surface area contributed by atoms with Crippen LogP contribution in [0.1, 0.15) is 22.6 Å². The first-order chi connectivity index (χ1) is 9.28. The highest BCUT2D eigenvalue weighted by Gasteiger charge is 2.18. The number of nitrogens with zero attached hydrogens (tertiary/aromatic N) is 1. The van der Waals surface area contributed by atoms with Crippen molar-refractivity contribution in [2.24, 2.45) is 0 Å². The summed E-state index contributed by atoms with van der Waals surface area (Å²) in [6.45, 7) is 6.85. The topological polar surface area (TPSA) is 67.5 Å². The van der Waals surface area contributed by atoms with Crippen LogP contribution < -0.4 is 4.57 Å². The minimum atomic E-state index is -4.34. The Morgan fingerprint density at radius 3 is 2.55 bits per heavy atom. The number of fused-ring (bicyclic) bond motifs is 1. The van der Waals surface area contributed by atoms with Crippen molar-refractivity contribution in [3.05, 3.63) is 28.3 Å². The van der Waals surface area contributed by atoms with Crippen molar-refractivity contribution in [2.45, 2.75) is 33.7 Å². The maximum absolute atomic E-state index is 10.5. The van der Waals surface area contributed by atoms with Crippen LogP contribution in [-0.2, 0) is 21.1 Å². The molecule has 7 heteroatoms. The van der Waals surface area contributed by atoms with Gasteiger partial charge in [-0.05, 0) is 31.0 Å². The average Bonchev–Trinajstić information content (AvgIpc) is 2.60. The highest BCUT2D eigenvalue weighted by Crippen LogP contribution is 2.23. The fourth-order valence-corrected chi connectivity index (χ4v) is 3.57. The largest absolute Gasteiger partial charge is 0.397 e. The Hall–Kier alpha value is -1.02. The Labute approximate surface area is 122 Å². The fourth-order valence-electron chi connectivity index (χ4n) is 2.12. The first-order valence-electron chi connectivity index (χ1n) is 6.30. The van der Waals surface area contributed by atoms with E-state index in [0.29, 0.717) is 13.0 Å². The van der Waals surface area contributed by atoms with Crippen LogP contribution in [0, 0.1) is 20.8 Å². The molecule has 20 heavy (non-hydrogen) atoms. The van der Waals surface area contributed by atoms with E-state index in [-0.39, 0.29) is 6.61 Å². The SMILES string of the molecule is Cc1cc2sc(C)[n+](CCCOS(=O)(=O)O)c2cc1C. The Balaban J connectivity index is 2.17. The molecule has 0 bridgehead atoms. The van der Waals surface area contributed by atoms with Crippen LogP contribution in [0.15, 0.2) is 12.1 Å². The van der Waals surface area contributed by atoms with Crippen molar-refractivity contribution in [2.75, 3.05) is 6.61 Å². The van der Waals surface area contributed by atoms with E-state index in [1.165, 1.54) is 15.8 Å². The predicted molar refractivity (Wildman–Crippen MR) is 78.3 cm³/mol. The number of hydrogen-bond donors (Lipinski definition) is 1.